The molecule has 0 bridgehead atoms. The number of aromatic nitrogens is 5. The average molecular weight is 305 g/mol. The van der Waals surface area contributed by atoms with Crippen LogP contribution < -0.4 is 0 Å². The van der Waals surface area contributed by atoms with Gasteiger partial charge in [0.15, 0.2) is 10.4 Å². The summed E-state index contributed by atoms with van der Waals surface area (Å²) >= 11 is 5.53. The summed E-state index contributed by atoms with van der Waals surface area (Å²) in [4.78, 5) is 3.28. The van der Waals surface area contributed by atoms with Gasteiger partial charge in [0.1, 0.15) is 11.3 Å². The van der Waals surface area contributed by atoms with Crippen LogP contribution >= 0.6 is 12.2 Å². The molecule has 0 saturated carbocycles. The minimum Gasteiger partial charge on any atom is -0.361 e. The highest BCUT2D eigenvalue weighted by Crippen LogP contribution is 2.29. The highest BCUT2D eigenvalue weighted by molar-refractivity contribution is 7.71. The van der Waals surface area contributed by atoms with Crippen molar-refractivity contribution in [3.8, 4) is 0 Å². The van der Waals surface area contributed by atoms with Crippen molar-refractivity contribution in [1.82, 2.24) is 24.5 Å². The Labute approximate surface area is 127 Å². The molecule has 3 rings (SSSR count). The third kappa shape index (κ3) is 1.95. The lowest BCUT2D eigenvalue weighted by molar-refractivity contribution is 0.391. The lowest BCUT2D eigenvalue weighted by Crippen LogP contribution is -2.12. The smallest absolute Gasteiger partial charge is 0.179 e. The number of H-pyrrole nitrogens is 1. The molecule has 1 unspecified atom stereocenters. The Morgan fingerprint density at radius 2 is 2.00 bits per heavy atom. The number of hydrogen-bond acceptors (Lipinski definition) is 4. The molecule has 0 amide bonds. The average Bonchev–Trinajstić information content (AvgIpc) is 3.04. The van der Waals surface area contributed by atoms with E-state index < -0.39 is 0 Å². The van der Waals surface area contributed by atoms with E-state index in [2.05, 4.69) is 33.7 Å². The molecule has 0 saturated heterocycles. The normalized spacial score (nSPS) is 13.2. The van der Waals surface area contributed by atoms with Crippen LogP contribution in [0.5, 0.6) is 0 Å². The van der Waals surface area contributed by atoms with Gasteiger partial charge in [-0.25, -0.2) is 4.68 Å². The molecule has 0 spiro atoms. The van der Waals surface area contributed by atoms with Crippen molar-refractivity contribution in [2.24, 2.45) is 0 Å². The first-order valence-corrected chi connectivity index (χ1v) is 7.46. The fourth-order valence-corrected chi connectivity index (χ4v) is 3.37. The lowest BCUT2D eigenvalue weighted by atomic mass is 10.1. The molecule has 6 nitrogen and oxygen atoms in total. The summed E-state index contributed by atoms with van der Waals surface area (Å²) in [5.41, 5.74) is 4.96. The zero-order chi connectivity index (χ0) is 15.3. The van der Waals surface area contributed by atoms with Gasteiger partial charge in [0.2, 0.25) is 0 Å². The third-order valence-electron chi connectivity index (χ3n) is 3.97. The molecule has 0 aliphatic carbocycles. The van der Waals surface area contributed by atoms with Crippen molar-refractivity contribution < 1.29 is 4.52 Å². The van der Waals surface area contributed by atoms with Crippen LogP contribution in [0.25, 0.3) is 11.2 Å². The van der Waals surface area contributed by atoms with Crippen LogP contribution in [-0.4, -0.2) is 24.5 Å². The molecule has 1 N–H and O–H groups in total. The Kier molecular flexibility index (Phi) is 3.24. The van der Waals surface area contributed by atoms with Crippen LogP contribution in [-0.2, 0) is 6.54 Å². The fraction of sp³-hybridized carbons (Fsp3) is 0.500. The summed E-state index contributed by atoms with van der Waals surface area (Å²) in [7, 11) is 0. The van der Waals surface area contributed by atoms with Crippen molar-refractivity contribution >= 4 is 23.4 Å². The number of rotatable bonds is 3. The fourth-order valence-electron chi connectivity index (χ4n) is 3.02. The Hall–Kier alpha value is -1.89. The maximum atomic E-state index is 5.53. The molecule has 3 heterocycles. The number of fused-ring (bicyclic) bond motifs is 1. The van der Waals surface area contributed by atoms with Crippen LogP contribution in [0.2, 0.25) is 0 Å². The van der Waals surface area contributed by atoms with E-state index in [-0.39, 0.29) is 6.04 Å². The van der Waals surface area contributed by atoms with Gasteiger partial charge in [0.05, 0.1) is 17.4 Å². The van der Waals surface area contributed by atoms with Gasteiger partial charge in [-0.2, -0.15) is 5.10 Å². The molecular formula is C14H19N5OS. The molecule has 7 heteroatoms. The number of nitrogens with one attached hydrogen (secondary N) is 1. The van der Waals surface area contributed by atoms with Gasteiger partial charge >= 0.3 is 0 Å². The largest absolute Gasteiger partial charge is 0.361 e. The van der Waals surface area contributed by atoms with E-state index in [1.165, 1.54) is 0 Å². The first kappa shape index (κ1) is 14.1. The van der Waals surface area contributed by atoms with E-state index in [0.717, 1.165) is 40.4 Å². The van der Waals surface area contributed by atoms with E-state index in [9.17, 15) is 0 Å². The summed E-state index contributed by atoms with van der Waals surface area (Å²) in [6.07, 6.45) is 0. The summed E-state index contributed by atoms with van der Waals surface area (Å²) in [5, 5.41) is 8.61. The second kappa shape index (κ2) is 4.84. The third-order valence-corrected chi connectivity index (χ3v) is 4.27. The molecule has 3 aromatic rings. The van der Waals surface area contributed by atoms with Crippen molar-refractivity contribution in [2.45, 2.75) is 47.2 Å². The molecule has 3 aromatic heterocycles. The molecule has 0 aromatic carbocycles. The molecule has 0 aliphatic heterocycles. The van der Waals surface area contributed by atoms with Crippen LogP contribution in [0, 0.1) is 25.5 Å². The number of hydrogen-bond donors (Lipinski definition) is 1. The minimum absolute atomic E-state index is 0.0406. The summed E-state index contributed by atoms with van der Waals surface area (Å²) in [6, 6.07) is 0.0406. The number of aryl methyl sites for hydroxylation is 4. The van der Waals surface area contributed by atoms with E-state index in [0.29, 0.717) is 4.77 Å². The topological polar surface area (TPSA) is 64.6 Å². The van der Waals surface area contributed by atoms with E-state index in [4.69, 9.17) is 16.7 Å². The molecule has 112 valence electrons. The molecule has 1 atom stereocenters. The zero-order valence-corrected chi connectivity index (χ0v) is 13.7. The maximum absolute atomic E-state index is 5.53. The van der Waals surface area contributed by atoms with Gasteiger partial charge in [-0.1, -0.05) is 5.16 Å². The van der Waals surface area contributed by atoms with Crippen molar-refractivity contribution in [1.29, 1.82) is 0 Å². The zero-order valence-electron chi connectivity index (χ0n) is 12.9. The van der Waals surface area contributed by atoms with Crippen LogP contribution in [0.1, 0.15) is 42.6 Å². The van der Waals surface area contributed by atoms with E-state index in [1.807, 2.05) is 25.5 Å². The van der Waals surface area contributed by atoms with Crippen molar-refractivity contribution in [3.05, 3.63) is 27.5 Å². The van der Waals surface area contributed by atoms with E-state index >= 15 is 0 Å². The molecule has 0 radical (unpaired) electrons. The molecular weight excluding hydrogens is 286 g/mol. The molecule has 0 fully saturated rings. The van der Waals surface area contributed by atoms with Gasteiger partial charge in [-0.05, 0) is 46.8 Å². The van der Waals surface area contributed by atoms with Gasteiger partial charge in [0.25, 0.3) is 0 Å². The lowest BCUT2D eigenvalue weighted by Gasteiger charge is -2.15. The Morgan fingerprint density at radius 3 is 2.57 bits per heavy atom. The van der Waals surface area contributed by atoms with Crippen LogP contribution in [0.15, 0.2) is 4.52 Å². The molecule has 21 heavy (non-hydrogen) atoms. The highest BCUT2D eigenvalue weighted by atomic mass is 32.1. The van der Waals surface area contributed by atoms with Crippen molar-refractivity contribution in [3.63, 3.8) is 0 Å². The number of imidazole rings is 1. The predicted molar refractivity (Wildman–Crippen MR) is 83.1 cm³/mol. The molecule has 0 aliphatic rings. The van der Waals surface area contributed by atoms with Gasteiger partial charge in [-0.3, -0.25) is 4.57 Å². The summed E-state index contributed by atoms with van der Waals surface area (Å²) < 4.78 is 10.1. The van der Waals surface area contributed by atoms with E-state index in [1.54, 1.807) is 0 Å². The SMILES string of the molecule is CCn1nc(C)c2[nH]c(=S)n(C(C)c3c(C)noc3C)c21. The Balaban J connectivity index is 2.30. The van der Waals surface area contributed by atoms with Gasteiger partial charge < -0.3 is 9.51 Å². The summed E-state index contributed by atoms with van der Waals surface area (Å²) in [5.74, 6) is 0.829. The Bertz CT molecular complexity index is 847. The highest BCUT2D eigenvalue weighted by Gasteiger charge is 2.23. The van der Waals surface area contributed by atoms with Gasteiger partial charge in [-0.15, -0.1) is 0 Å². The first-order valence-electron chi connectivity index (χ1n) is 7.06. The standard InChI is InChI=1S/C14H19N5OS/c1-6-18-13-12(8(3)16-18)15-14(21)19(13)9(4)11-7(2)17-20-10(11)5/h9H,6H2,1-5H3,(H,15,21). The van der Waals surface area contributed by atoms with Crippen LogP contribution in [0.3, 0.4) is 0 Å². The van der Waals surface area contributed by atoms with Gasteiger partial charge in [0, 0.05) is 12.1 Å². The Morgan fingerprint density at radius 1 is 1.29 bits per heavy atom. The second-order valence-electron chi connectivity index (χ2n) is 5.31. The summed E-state index contributed by atoms with van der Waals surface area (Å²) in [6.45, 7) is 10.9. The van der Waals surface area contributed by atoms with Crippen molar-refractivity contribution in [2.75, 3.05) is 0 Å². The first-order chi connectivity index (χ1) is 9.95. The second-order valence-corrected chi connectivity index (χ2v) is 5.70. The predicted octanol–water partition coefficient (Wildman–Crippen LogP) is 3.44. The maximum Gasteiger partial charge on any atom is 0.179 e. The quantitative estimate of drug-likeness (QED) is 0.753. The monoisotopic (exact) mass is 305 g/mol. The number of aromatic amines is 1. The number of nitrogens with zero attached hydrogens (tertiary/aromatic N) is 4. The van der Waals surface area contributed by atoms with Crippen LogP contribution in [0.4, 0.5) is 0 Å². The minimum atomic E-state index is 0.0406.